The van der Waals surface area contributed by atoms with Gasteiger partial charge in [-0.2, -0.15) is 0 Å². The van der Waals surface area contributed by atoms with E-state index in [2.05, 4.69) is 9.97 Å². The summed E-state index contributed by atoms with van der Waals surface area (Å²) in [5, 5.41) is 8.77. The van der Waals surface area contributed by atoms with Gasteiger partial charge in [-0.05, 0) is 26.3 Å². The van der Waals surface area contributed by atoms with Crippen molar-refractivity contribution in [3.63, 3.8) is 0 Å². The van der Waals surface area contributed by atoms with Crippen molar-refractivity contribution in [1.29, 1.82) is 0 Å². The van der Waals surface area contributed by atoms with Gasteiger partial charge in [0, 0.05) is 17.3 Å². The fourth-order valence-corrected chi connectivity index (χ4v) is 1.67. The van der Waals surface area contributed by atoms with Crippen LogP contribution in [0.4, 0.5) is 0 Å². The first-order valence-electron chi connectivity index (χ1n) is 4.63. The minimum absolute atomic E-state index is 0.0334. The van der Waals surface area contributed by atoms with Crippen molar-refractivity contribution in [2.45, 2.75) is 26.2 Å². The van der Waals surface area contributed by atoms with Crippen molar-refractivity contribution in [3.8, 4) is 0 Å². The Hall–Kier alpha value is -1.45. The van der Waals surface area contributed by atoms with E-state index in [4.69, 9.17) is 5.11 Å². The Morgan fingerprint density at radius 2 is 2.00 bits per heavy atom. The average Bonchev–Trinajstić information content (AvgIpc) is 2.79. The second kappa shape index (κ2) is 3.04. The molecule has 2 atom stereocenters. The summed E-state index contributed by atoms with van der Waals surface area (Å²) in [5.74, 6) is -0.282. The Kier molecular flexibility index (Phi) is 1.98. The smallest absolute Gasteiger partial charge is 0.307 e. The van der Waals surface area contributed by atoms with Crippen molar-refractivity contribution in [2.24, 2.45) is 5.92 Å². The highest BCUT2D eigenvalue weighted by Crippen LogP contribution is 2.46. The molecule has 1 aliphatic rings. The van der Waals surface area contributed by atoms with E-state index in [9.17, 15) is 4.79 Å². The molecule has 14 heavy (non-hydrogen) atoms. The van der Waals surface area contributed by atoms with Gasteiger partial charge in [-0.15, -0.1) is 0 Å². The summed E-state index contributed by atoms with van der Waals surface area (Å²) in [4.78, 5) is 19.2. The molecule has 0 spiro atoms. The Balaban J connectivity index is 2.23. The molecule has 0 bridgehead atoms. The van der Waals surface area contributed by atoms with E-state index in [1.165, 1.54) is 0 Å². The third kappa shape index (κ3) is 1.60. The lowest BCUT2D eigenvalue weighted by atomic mass is 10.2. The summed E-state index contributed by atoms with van der Waals surface area (Å²) in [6.07, 6.45) is 0.679. The molecule has 0 amide bonds. The van der Waals surface area contributed by atoms with Crippen LogP contribution < -0.4 is 0 Å². The number of rotatable bonds is 2. The van der Waals surface area contributed by atoms with Crippen LogP contribution in [0.1, 0.15) is 29.6 Å². The normalized spacial score (nSPS) is 24.7. The number of aromatic nitrogens is 2. The monoisotopic (exact) mass is 192 g/mol. The van der Waals surface area contributed by atoms with Gasteiger partial charge in [-0.3, -0.25) is 4.79 Å². The molecular weight excluding hydrogens is 180 g/mol. The first kappa shape index (κ1) is 9.12. The summed E-state index contributed by atoms with van der Waals surface area (Å²) in [7, 11) is 0. The Morgan fingerprint density at radius 3 is 2.43 bits per heavy atom. The lowest BCUT2D eigenvalue weighted by molar-refractivity contribution is -0.138. The van der Waals surface area contributed by atoms with Gasteiger partial charge < -0.3 is 5.11 Å². The van der Waals surface area contributed by atoms with Crippen LogP contribution in [0.15, 0.2) is 6.07 Å². The zero-order valence-corrected chi connectivity index (χ0v) is 8.19. The van der Waals surface area contributed by atoms with Crippen molar-refractivity contribution in [1.82, 2.24) is 9.97 Å². The molecule has 0 aromatic carbocycles. The van der Waals surface area contributed by atoms with E-state index < -0.39 is 5.97 Å². The molecule has 1 saturated carbocycles. The number of hydrogen-bond acceptors (Lipinski definition) is 3. The Bertz CT molecular complexity index is 369. The number of carbonyl (C=O) groups is 1. The van der Waals surface area contributed by atoms with Crippen molar-refractivity contribution >= 4 is 5.97 Å². The molecule has 1 aromatic heterocycles. The van der Waals surface area contributed by atoms with Crippen LogP contribution in [0.5, 0.6) is 0 Å². The molecule has 2 unspecified atom stereocenters. The number of nitrogens with zero attached hydrogens (tertiary/aromatic N) is 2. The Morgan fingerprint density at radius 1 is 1.43 bits per heavy atom. The zero-order chi connectivity index (χ0) is 10.3. The standard InChI is InChI=1S/C10H12N2O2/c1-5-3-6(2)12-9(11-5)7-4-8(7)10(13)14/h3,7-8H,4H2,1-2H3,(H,13,14). The van der Waals surface area contributed by atoms with Gasteiger partial charge in [0.1, 0.15) is 5.82 Å². The minimum atomic E-state index is -0.738. The molecule has 74 valence electrons. The maximum absolute atomic E-state index is 10.7. The van der Waals surface area contributed by atoms with Gasteiger partial charge in [-0.1, -0.05) is 0 Å². The lowest BCUT2D eigenvalue weighted by Gasteiger charge is -2.00. The number of aryl methyl sites for hydroxylation is 2. The molecule has 2 rings (SSSR count). The maximum atomic E-state index is 10.7. The van der Waals surface area contributed by atoms with Crippen LogP contribution >= 0.6 is 0 Å². The highest BCUT2D eigenvalue weighted by atomic mass is 16.4. The number of hydrogen-bond donors (Lipinski definition) is 1. The number of carboxylic acids is 1. The minimum Gasteiger partial charge on any atom is -0.481 e. The second-order valence-electron chi connectivity index (χ2n) is 3.80. The Labute approximate surface area is 82.0 Å². The molecule has 0 aliphatic heterocycles. The SMILES string of the molecule is Cc1cc(C)nc(C2CC2C(=O)O)n1. The lowest BCUT2D eigenvalue weighted by Crippen LogP contribution is -2.03. The molecule has 0 radical (unpaired) electrons. The molecule has 1 fully saturated rings. The zero-order valence-electron chi connectivity index (χ0n) is 8.19. The van der Waals surface area contributed by atoms with Crippen LogP contribution in [0.2, 0.25) is 0 Å². The van der Waals surface area contributed by atoms with Gasteiger partial charge in [0.25, 0.3) is 0 Å². The van der Waals surface area contributed by atoms with E-state index >= 15 is 0 Å². The fraction of sp³-hybridized carbons (Fsp3) is 0.500. The van der Waals surface area contributed by atoms with Gasteiger partial charge in [0.15, 0.2) is 0 Å². The van der Waals surface area contributed by atoms with Crippen LogP contribution in [-0.4, -0.2) is 21.0 Å². The summed E-state index contributed by atoms with van der Waals surface area (Å²) in [5.41, 5.74) is 1.81. The van der Waals surface area contributed by atoms with Gasteiger partial charge >= 0.3 is 5.97 Å². The molecule has 1 aromatic rings. The van der Waals surface area contributed by atoms with Crippen LogP contribution in [0.3, 0.4) is 0 Å². The third-order valence-electron chi connectivity index (χ3n) is 2.44. The summed E-state index contributed by atoms with van der Waals surface area (Å²) in [6.45, 7) is 3.80. The van der Waals surface area contributed by atoms with Crippen LogP contribution in [0, 0.1) is 19.8 Å². The number of carboxylic acid groups (broad SMARTS) is 1. The van der Waals surface area contributed by atoms with Gasteiger partial charge in [-0.25, -0.2) is 9.97 Å². The van der Waals surface area contributed by atoms with E-state index in [1.54, 1.807) is 0 Å². The van der Waals surface area contributed by atoms with E-state index in [1.807, 2.05) is 19.9 Å². The maximum Gasteiger partial charge on any atom is 0.307 e. The van der Waals surface area contributed by atoms with Crippen molar-refractivity contribution in [3.05, 3.63) is 23.3 Å². The summed E-state index contributed by atoms with van der Waals surface area (Å²) in [6, 6.07) is 1.89. The third-order valence-corrected chi connectivity index (χ3v) is 2.44. The highest BCUT2D eigenvalue weighted by Gasteiger charge is 2.46. The molecule has 4 nitrogen and oxygen atoms in total. The van der Waals surface area contributed by atoms with Crippen LogP contribution in [-0.2, 0) is 4.79 Å². The molecule has 1 heterocycles. The van der Waals surface area contributed by atoms with E-state index in [0.29, 0.717) is 12.2 Å². The van der Waals surface area contributed by atoms with E-state index in [0.717, 1.165) is 11.4 Å². The second-order valence-corrected chi connectivity index (χ2v) is 3.80. The summed E-state index contributed by atoms with van der Waals surface area (Å²) >= 11 is 0. The predicted octanol–water partition coefficient (Wildman–Crippen LogP) is 1.28. The topological polar surface area (TPSA) is 63.1 Å². The average molecular weight is 192 g/mol. The van der Waals surface area contributed by atoms with Crippen molar-refractivity contribution < 1.29 is 9.90 Å². The molecule has 4 heteroatoms. The predicted molar refractivity (Wildman–Crippen MR) is 50.0 cm³/mol. The van der Waals surface area contributed by atoms with E-state index in [-0.39, 0.29) is 11.8 Å². The van der Waals surface area contributed by atoms with Crippen LogP contribution in [0.25, 0.3) is 0 Å². The first-order chi connectivity index (χ1) is 6.58. The van der Waals surface area contributed by atoms with Crippen molar-refractivity contribution in [2.75, 3.05) is 0 Å². The molecule has 1 aliphatic carbocycles. The van der Waals surface area contributed by atoms with Gasteiger partial charge in [0.2, 0.25) is 0 Å². The largest absolute Gasteiger partial charge is 0.481 e. The molecule has 0 saturated heterocycles. The highest BCUT2D eigenvalue weighted by molar-refractivity contribution is 5.74. The fourth-order valence-electron chi connectivity index (χ4n) is 1.67. The quantitative estimate of drug-likeness (QED) is 0.766. The molecule has 1 N–H and O–H groups in total. The number of aliphatic carboxylic acids is 1. The van der Waals surface area contributed by atoms with Gasteiger partial charge in [0.05, 0.1) is 5.92 Å². The summed E-state index contributed by atoms with van der Waals surface area (Å²) < 4.78 is 0. The molecular formula is C10H12N2O2. The first-order valence-corrected chi connectivity index (χ1v) is 4.63.